The highest BCUT2D eigenvalue weighted by Crippen LogP contribution is 1.93. The van der Waals surface area contributed by atoms with Crippen LogP contribution in [0.2, 0.25) is 0 Å². The van der Waals surface area contributed by atoms with E-state index in [1.54, 1.807) is 0 Å². The van der Waals surface area contributed by atoms with Gasteiger partial charge in [-0.25, -0.2) is 0 Å². The van der Waals surface area contributed by atoms with Gasteiger partial charge >= 0.3 is 5.97 Å². The van der Waals surface area contributed by atoms with Crippen LogP contribution in [0, 0.1) is 0 Å². The van der Waals surface area contributed by atoms with Crippen molar-refractivity contribution < 1.29 is 14.6 Å². The highest BCUT2D eigenvalue weighted by Gasteiger charge is 1.94. The summed E-state index contributed by atoms with van der Waals surface area (Å²) in [7, 11) is 1.37. The molecule has 0 aliphatic heterocycles. The third-order valence-corrected chi connectivity index (χ3v) is 1.21. The Bertz CT molecular complexity index is 129. The number of methoxy groups -OCH3 is 1. The fourth-order valence-corrected chi connectivity index (χ4v) is 0.613. The van der Waals surface area contributed by atoms with Crippen LogP contribution in [-0.2, 0) is 9.53 Å². The molecular formula is C8H14O3. The number of esters is 1. The number of hydrogen-bond acceptors (Lipinski definition) is 3. The average Bonchev–Trinajstić information content (AvgIpc) is 2.04. The van der Waals surface area contributed by atoms with Crippen LogP contribution in [-0.4, -0.2) is 24.8 Å². The molecule has 3 nitrogen and oxygen atoms in total. The molecule has 0 heterocycles. The Kier molecular flexibility index (Phi) is 6.73. The van der Waals surface area contributed by atoms with E-state index in [4.69, 9.17) is 5.11 Å². The molecule has 64 valence electrons. The molecule has 1 N–H and O–H groups in total. The molecule has 0 spiro atoms. The maximum atomic E-state index is 10.5. The van der Waals surface area contributed by atoms with Crippen molar-refractivity contribution in [3.05, 3.63) is 12.2 Å². The molecule has 0 aliphatic rings. The van der Waals surface area contributed by atoms with E-state index in [0.29, 0.717) is 19.3 Å². The molecule has 0 saturated carbocycles. The minimum absolute atomic E-state index is 0.161. The first-order chi connectivity index (χ1) is 5.31. The van der Waals surface area contributed by atoms with Crippen molar-refractivity contribution >= 4 is 5.97 Å². The van der Waals surface area contributed by atoms with Crippen LogP contribution in [0.25, 0.3) is 0 Å². The van der Waals surface area contributed by atoms with Gasteiger partial charge in [0.1, 0.15) is 0 Å². The Balaban J connectivity index is 3.19. The number of carbonyl (C=O) groups is 1. The van der Waals surface area contributed by atoms with E-state index in [-0.39, 0.29) is 12.6 Å². The Hall–Kier alpha value is -0.830. The SMILES string of the molecule is COC(=O)CC/C=C\CCO. The molecule has 0 radical (unpaired) electrons. The molecule has 0 aromatic carbocycles. The number of allylic oxidation sites excluding steroid dienone is 1. The van der Waals surface area contributed by atoms with E-state index >= 15 is 0 Å². The molecule has 0 unspecified atom stereocenters. The van der Waals surface area contributed by atoms with E-state index < -0.39 is 0 Å². The minimum Gasteiger partial charge on any atom is -0.469 e. The average molecular weight is 158 g/mol. The quantitative estimate of drug-likeness (QED) is 0.477. The lowest BCUT2D eigenvalue weighted by atomic mass is 10.3. The van der Waals surface area contributed by atoms with Crippen LogP contribution in [0.15, 0.2) is 12.2 Å². The summed E-state index contributed by atoms with van der Waals surface area (Å²) in [5, 5.41) is 8.38. The molecule has 0 amide bonds. The van der Waals surface area contributed by atoms with Crippen molar-refractivity contribution in [3.8, 4) is 0 Å². The first-order valence-electron chi connectivity index (χ1n) is 3.64. The van der Waals surface area contributed by atoms with Crippen LogP contribution in [0.1, 0.15) is 19.3 Å². The van der Waals surface area contributed by atoms with Gasteiger partial charge in [0.25, 0.3) is 0 Å². The van der Waals surface area contributed by atoms with Crippen LogP contribution in [0.5, 0.6) is 0 Å². The number of carbonyl (C=O) groups excluding carboxylic acids is 1. The molecule has 0 atom stereocenters. The lowest BCUT2D eigenvalue weighted by Gasteiger charge is -1.93. The van der Waals surface area contributed by atoms with Crippen molar-refractivity contribution in [2.45, 2.75) is 19.3 Å². The summed E-state index contributed by atoms with van der Waals surface area (Å²) < 4.78 is 4.43. The summed E-state index contributed by atoms with van der Waals surface area (Å²) >= 11 is 0. The normalized spacial score (nSPS) is 10.4. The van der Waals surface area contributed by atoms with Gasteiger partial charge in [0.2, 0.25) is 0 Å². The molecule has 0 aromatic heterocycles. The van der Waals surface area contributed by atoms with Gasteiger partial charge in [-0.1, -0.05) is 12.2 Å². The maximum Gasteiger partial charge on any atom is 0.305 e. The summed E-state index contributed by atoms with van der Waals surface area (Å²) in [6.45, 7) is 0.161. The van der Waals surface area contributed by atoms with E-state index in [1.165, 1.54) is 7.11 Å². The topological polar surface area (TPSA) is 46.5 Å². The molecule has 0 bridgehead atoms. The molecule has 0 rings (SSSR count). The Morgan fingerprint density at radius 1 is 1.45 bits per heavy atom. The van der Waals surface area contributed by atoms with Crippen molar-refractivity contribution in [1.82, 2.24) is 0 Å². The summed E-state index contributed by atoms with van der Waals surface area (Å²) in [5.74, 6) is -0.196. The fourth-order valence-electron chi connectivity index (χ4n) is 0.613. The number of hydrogen-bond donors (Lipinski definition) is 1. The fraction of sp³-hybridized carbons (Fsp3) is 0.625. The number of rotatable bonds is 5. The zero-order valence-electron chi connectivity index (χ0n) is 6.75. The predicted octanol–water partition coefficient (Wildman–Crippen LogP) is 0.878. The minimum atomic E-state index is -0.196. The highest BCUT2D eigenvalue weighted by molar-refractivity contribution is 5.69. The third-order valence-electron chi connectivity index (χ3n) is 1.21. The van der Waals surface area contributed by atoms with Crippen molar-refractivity contribution in [1.29, 1.82) is 0 Å². The van der Waals surface area contributed by atoms with Gasteiger partial charge in [-0.3, -0.25) is 4.79 Å². The second-order valence-corrected chi connectivity index (χ2v) is 2.10. The maximum absolute atomic E-state index is 10.5. The van der Waals surface area contributed by atoms with E-state index in [2.05, 4.69) is 4.74 Å². The highest BCUT2D eigenvalue weighted by atomic mass is 16.5. The number of aliphatic hydroxyl groups excluding tert-OH is 1. The molecular weight excluding hydrogens is 144 g/mol. The van der Waals surface area contributed by atoms with Crippen LogP contribution < -0.4 is 0 Å². The summed E-state index contributed by atoms with van der Waals surface area (Å²) in [4.78, 5) is 10.5. The molecule has 3 heteroatoms. The summed E-state index contributed by atoms with van der Waals surface area (Å²) in [5.41, 5.74) is 0. The van der Waals surface area contributed by atoms with Gasteiger partial charge in [0, 0.05) is 13.0 Å². The van der Waals surface area contributed by atoms with Crippen LogP contribution >= 0.6 is 0 Å². The zero-order valence-corrected chi connectivity index (χ0v) is 6.75. The van der Waals surface area contributed by atoms with Gasteiger partial charge in [-0.15, -0.1) is 0 Å². The van der Waals surface area contributed by atoms with E-state index in [9.17, 15) is 4.79 Å². The van der Waals surface area contributed by atoms with Gasteiger partial charge in [-0.2, -0.15) is 0 Å². The second-order valence-electron chi connectivity index (χ2n) is 2.10. The van der Waals surface area contributed by atoms with Gasteiger partial charge in [0.15, 0.2) is 0 Å². The molecule has 0 aromatic rings. The zero-order chi connectivity index (χ0) is 8.53. The van der Waals surface area contributed by atoms with Crippen LogP contribution in [0.3, 0.4) is 0 Å². The number of aliphatic hydroxyl groups is 1. The van der Waals surface area contributed by atoms with Crippen molar-refractivity contribution in [2.75, 3.05) is 13.7 Å². The molecule has 0 saturated heterocycles. The van der Waals surface area contributed by atoms with Gasteiger partial charge < -0.3 is 9.84 Å². The lowest BCUT2D eigenvalue weighted by Crippen LogP contribution is -1.97. The lowest BCUT2D eigenvalue weighted by molar-refractivity contribution is -0.140. The Morgan fingerprint density at radius 2 is 2.09 bits per heavy atom. The second kappa shape index (κ2) is 7.28. The summed E-state index contributed by atoms with van der Waals surface area (Å²) in [6, 6.07) is 0. The third kappa shape index (κ3) is 7.06. The predicted molar refractivity (Wildman–Crippen MR) is 42.1 cm³/mol. The molecule has 11 heavy (non-hydrogen) atoms. The Morgan fingerprint density at radius 3 is 2.64 bits per heavy atom. The molecule has 0 fully saturated rings. The van der Waals surface area contributed by atoms with Gasteiger partial charge in [0.05, 0.1) is 7.11 Å². The van der Waals surface area contributed by atoms with Crippen LogP contribution in [0.4, 0.5) is 0 Å². The summed E-state index contributed by atoms with van der Waals surface area (Å²) in [6.07, 6.45) is 5.47. The van der Waals surface area contributed by atoms with Crippen molar-refractivity contribution in [2.24, 2.45) is 0 Å². The van der Waals surface area contributed by atoms with E-state index in [0.717, 1.165) is 0 Å². The standard InChI is InChI=1S/C8H14O3/c1-11-8(10)6-4-2-3-5-7-9/h2-3,9H,4-7H2,1H3/b3-2-. The Labute approximate surface area is 66.7 Å². The molecule has 0 aliphatic carbocycles. The number of ether oxygens (including phenoxy) is 1. The first kappa shape index (κ1) is 10.2. The smallest absolute Gasteiger partial charge is 0.305 e. The van der Waals surface area contributed by atoms with Gasteiger partial charge in [-0.05, 0) is 12.8 Å². The monoisotopic (exact) mass is 158 g/mol. The van der Waals surface area contributed by atoms with Crippen molar-refractivity contribution in [3.63, 3.8) is 0 Å². The first-order valence-corrected chi connectivity index (χ1v) is 3.64. The largest absolute Gasteiger partial charge is 0.469 e. The van der Waals surface area contributed by atoms with E-state index in [1.807, 2.05) is 12.2 Å².